The Kier molecular flexibility index (Phi) is 2.77. The third-order valence-electron chi connectivity index (χ3n) is 2.24. The van der Waals surface area contributed by atoms with E-state index in [-0.39, 0.29) is 5.28 Å². The summed E-state index contributed by atoms with van der Waals surface area (Å²) in [6.45, 7) is 3.00. The number of hydrogen-bond donors (Lipinski definition) is 1. The van der Waals surface area contributed by atoms with Crippen molar-refractivity contribution in [3.05, 3.63) is 17.5 Å². The zero-order valence-electron chi connectivity index (χ0n) is 8.79. The standard InChI is InChI=1S/C10H13ClN4/c1-3-5-12-8-7-4-6-15(2)9(7)14-10(11)13-8/h4,6H,3,5H2,1-2H3,(H,12,13,14). The van der Waals surface area contributed by atoms with Gasteiger partial charge in [0.15, 0.2) is 0 Å². The molecule has 4 nitrogen and oxygen atoms in total. The van der Waals surface area contributed by atoms with Crippen molar-refractivity contribution >= 4 is 28.5 Å². The number of fused-ring (bicyclic) bond motifs is 1. The summed E-state index contributed by atoms with van der Waals surface area (Å²) >= 11 is 5.86. The molecule has 0 bridgehead atoms. The SMILES string of the molecule is CCCNc1nc(Cl)nc2c1ccn2C. The molecule has 2 aromatic heterocycles. The average Bonchev–Trinajstić information content (AvgIpc) is 2.57. The lowest BCUT2D eigenvalue weighted by atomic mass is 10.3. The summed E-state index contributed by atoms with van der Waals surface area (Å²) < 4.78 is 1.93. The van der Waals surface area contributed by atoms with E-state index in [0.717, 1.165) is 29.8 Å². The number of nitrogens with zero attached hydrogens (tertiary/aromatic N) is 3. The maximum absolute atomic E-state index is 5.86. The highest BCUT2D eigenvalue weighted by Crippen LogP contribution is 2.22. The van der Waals surface area contributed by atoms with Crippen LogP contribution in [-0.4, -0.2) is 21.1 Å². The molecule has 0 atom stereocenters. The van der Waals surface area contributed by atoms with Gasteiger partial charge >= 0.3 is 0 Å². The number of nitrogens with one attached hydrogen (secondary N) is 1. The maximum Gasteiger partial charge on any atom is 0.226 e. The highest BCUT2D eigenvalue weighted by Gasteiger charge is 2.08. The molecule has 1 N–H and O–H groups in total. The Balaban J connectivity index is 2.52. The minimum absolute atomic E-state index is 0.280. The Morgan fingerprint density at radius 1 is 1.47 bits per heavy atom. The van der Waals surface area contributed by atoms with Gasteiger partial charge in [0, 0.05) is 19.8 Å². The van der Waals surface area contributed by atoms with Crippen molar-refractivity contribution in [2.75, 3.05) is 11.9 Å². The van der Waals surface area contributed by atoms with Gasteiger partial charge in [-0.3, -0.25) is 0 Å². The van der Waals surface area contributed by atoms with E-state index in [4.69, 9.17) is 11.6 Å². The first-order valence-corrected chi connectivity index (χ1v) is 5.32. The second-order valence-electron chi connectivity index (χ2n) is 3.43. The number of rotatable bonds is 3. The van der Waals surface area contributed by atoms with E-state index in [1.807, 2.05) is 23.9 Å². The summed E-state index contributed by atoms with van der Waals surface area (Å²) in [7, 11) is 1.94. The largest absolute Gasteiger partial charge is 0.369 e. The van der Waals surface area contributed by atoms with Crippen LogP contribution in [0, 0.1) is 0 Å². The molecule has 0 aromatic carbocycles. The lowest BCUT2D eigenvalue weighted by Crippen LogP contribution is -2.03. The molecule has 2 rings (SSSR count). The number of halogens is 1. The minimum atomic E-state index is 0.280. The van der Waals surface area contributed by atoms with E-state index in [1.165, 1.54) is 0 Å². The smallest absolute Gasteiger partial charge is 0.226 e. The van der Waals surface area contributed by atoms with Crippen LogP contribution in [-0.2, 0) is 7.05 Å². The molecule has 5 heteroatoms. The summed E-state index contributed by atoms with van der Waals surface area (Å²) in [6.07, 6.45) is 3.00. The summed E-state index contributed by atoms with van der Waals surface area (Å²) in [5.41, 5.74) is 0.855. The molecule has 0 amide bonds. The van der Waals surface area contributed by atoms with E-state index in [2.05, 4.69) is 22.2 Å². The summed E-state index contributed by atoms with van der Waals surface area (Å²) in [4.78, 5) is 8.36. The van der Waals surface area contributed by atoms with E-state index in [0.29, 0.717) is 0 Å². The van der Waals surface area contributed by atoms with Crippen molar-refractivity contribution < 1.29 is 0 Å². The molecule has 0 unspecified atom stereocenters. The monoisotopic (exact) mass is 224 g/mol. The van der Waals surface area contributed by atoms with Gasteiger partial charge < -0.3 is 9.88 Å². The highest BCUT2D eigenvalue weighted by atomic mass is 35.5. The van der Waals surface area contributed by atoms with E-state index in [9.17, 15) is 0 Å². The fourth-order valence-electron chi connectivity index (χ4n) is 1.49. The van der Waals surface area contributed by atoms with E-state index in [1.54, 1.807) is 0 Å². The Hall–Kier alpha value is -1.29. The molecule has 0 aliphatic heterocycles. The van der Waals surface area contributed by atoms with Gasteiger partial charge in [0.25, 0.3) is 0 Å². The molecule has 0 fully saturated rings. The molecule has 0 saturated heterocycles. The molecular weight excluding hydrogens is 212 g/mol. The van der Waals surface area contributed by atoms with Crippen LogP contribution >= 0.6 is 11.6 Å². The van der Waals surface area contributed by atoms with Gasteiger partial charge in [-0.05, 0) is 24.1 Å². The third-order valence-corrected chi connectivity index (χ3v) is 2.41. The summed E-state index contributed by atoms with van der Waals surface area (Å²) in [6, 6.07) is 1.99. The number of aromatic nitrogens is 3. The van der Waals surface area contributed by atoms with Crippen molar-refractivity contribution in [3.63, 3.8) is 0 Å². The predicted molar refractivity (Wildman–Crippen MR) is 62.3 cm³/mol. The van der Waals surface area contributed by atoms with Gasteiger partial charge in [-0.25, -0.2) is 4.98 Å². The van der Waals surface area contributed by atoms with Crippen molar-refractivity contribution in [2.24, 2.45) is 7.05 Å². The molecule has 80 valence electrons. The highest BCUT2D eigenvalue weighted by molar-refractivity contribution is 6.28. The van der Waals surface area contributed by atoms with Crippen LogP contribution in [0.25, 0.3) is 11.0 Å². The molecule has 0 spiro atoms. The zero-order chi connectivity index (χ0) is 10.8. The van der Waals surface area contributed by atoms with Crippen molar-refractivity contribution in [2.45, 2.75) is 13.3 Å². The van der Waals surface area contributed by atoms with Gasteiger partial charge in [-0.1, -0.05) is 6.92 Å². The Morgan fingerprint density at radius 3 is 3.00 bits per heavy atom. The molecular formula is C10H13ClN4. The Labute approximate surface area is 93.3 Å². The van der Waals surface area contributed by atoms with Gasteiger partial charge in [-0.15, -0.1) is 0 Å². The Bertz CT molecular complexity index is 477. The number of anilines is 1. The molecule has 15 heavy (non-hydrogen) atoms. The fraction of sp³-hybridized carbons (Fsp3) is 0.400. The first-order valence-electron chi connectivity index (χ1n) is 4.95. The second kappa shape index (κ2) is 4.06. The summed E-state index contributed by atoms with van der Waals surface area (Å²) in [5.74, 6) is 0.812. The molecule has 2 heterocycles. The topological polar surface area (TPSA) is 42.7 Å². The van der Waals surface area contributed by atoms with Gasteiger partial charge in [0.2, 0.25) is 5.28 Å². The minimum Gasteiger partial charge on any atom is -0.369 e. The van der Waals surface area contributed by atoms with Crippen molar-refractivity contribution in [1.29, 1.82) is 0 Å². The first kappa shape index (κ1) is 10.2. The van der Waals surface area contributed by atoms with Crippen LogP contribution in [0.2, 0.25) is 5.28 Å². The lowest BCUT2D eigenvalue weighted by Gasteiger charge is -2.05. The molecule has 0 aliphatic rings. The van der Waals surface area contributed by atoms with E-state index >= 15 is 0 Å². The van der Waals surface area contributed by atoms with Crippen molar-refractivity contribution in [3.8, 4) is 0 Å². The third kappa shape index (κ3) is 1.90. The van der Waals surface area contributed by atoms with Gasteiger partial charge in [0.05, 0.1) is 5.39 Å². The summed E-state index contributed by atoms with van der Waals surface area (Å²) in [5, 5.41) is 4.53. The normalized spacial score (nSPS) is 10.9. The quantitative estimate of drug-likeness (QED) is 0.815. The molecule has 0 aliphatic carbocycles. The number of hydrogen-bond acceptors (Lipinski definition) is 3. The first-order chi connectivity index (χ1) is 7.22. The molecule has 0 radical (unpaired) electrons. The van der Waals surface area contributed by atoms with Crippen LogP contribution in [0.3, 0.4) is 0 Å². The van der Waals surface area contributed by atoms with Gasteiger partial charge in [-0.2, -0.15) is 4.98 Å². The number of aryl methyl sites for hydroxylation is 1. The fourth-order valence-corrected chi connectivity index (χ4v) is 1.65. The van der Waals surface area contributed by atoms with E-state index < -0.39 is 0 Å². The van der Waals surface area contributed by atoms with Gasteiger partial charge in [0.1, 0.15) is 11.5 Å². The van der Waals surface area contributed by atoms with Crippen molar-refractivity contribution in [1.82, 2.24) is 14.5 Å². The van der Waals surface area contributed by atoms with Crippen LogP contribution in [0.5, 0.6) is 0 Å². The van der Waals surface area contributed by atoms with Crippen LogP contribution < -0.4 is 5.32 Å². The van der Waals surface area contributed by atoms with Crippen LogP contribution in [0.1, 0.15) is 13.3 Å². The van der Waals surface area contributed by atoms with Crippen LogP contribution in [0.15, 0.2) is 12.3 Å². The average molecular weight is 225 g/mol. The lowest BCUT2D eigenvalue weighted by molar-refractivity contribution is 0.939. The molecule has 0 saturated carbocycles. The van der Waals surface area contributed by atoms with Crippen LogP contribution in [0.4, 0.5) is 5.82 Å². The second-order valence-corrected chi connectivity index (χ2v) is 3.77. The maximum atomic E-state index is 5.86. The Morgan fingerprint density at radius 2 is 2.27 bits per heavy atom. The zero-order valence-corrected chi connectivity index (χ0v) is 9.54. The molecule has 2 aromatic rings. The predicted octanol–water partition coefficient (Wildman–Crippen LogP) is 2.44.